The van der Waals surface area contributed by atoms with Gasteiger partial charge in [0.25, 0.3) is 0 Å². The van der Waals surface area contributed by atoms with Gasteiger partial charge in [-0.1, -0.05) is 12.2 Å². The standard InChI is InChI=1S/C7H15N3O4S2/c1-5(7(9)15)16(12,13)10-2-3-14-4-6(8)11/h5,10H,2-4H2,1H3,(H2,8,11)(H2,9,15). The summed E-state index contributed by atoms with van der Waals surface area (Å²) in [6, 6.07) is 0. The van der Waals surface area contributed by atoms with Gasteiger partial charge in [-0.3, -0.25) is 4.79 Å². The average Bonchev–Trinajstić information content (AvgIpc) is 2.15. The summed E-state index contributed by atoms with van der Waals surface area (Å²) in [5.74, 6) is -0.612. The van der Waals surface area contributed by atoms with Crippen LogP contribution in [0, 0.1) is 0 Å². The van der Waals surface area contributed by atoms with Crippen LogP contribution in [0.3, 0.4) is 0 Å². The van der Waals surface area contributed by atoms with Crippen molar-refractivity contribution in [1.82, 2.24) is 4.72 Å². The molecule has 0 aliphatic heterocycles. The van der Waals surface area contributed by atoms with Crippen LogP contribution in [0.5, 0.6) is 0 Å². The second-order valence-corrected chi connectivity index (χ2v) is 5.56. The van der Waals surface area contributed by atoms with E-state index in [0.717, 1.165) is 0 Å². The predicted octanol–water partition coefficient (Wildman–Crippen LogP) is -1.92. The van der Waals surface area contributed by atoms with Crippen molar-refractivity contribution in [2.24, 2.45) is 11.5 Å². The largest absolute Gasteiger partial charge is 0.392 e. The van der Waals surface area contributed by atoms with Gasteiger partial charge in [0.1, 0.15) is 11.9 Å². The summed E-state index contributed by atoms with van der Waals surface area (Å²) in [5.41, 5.74) is 10.0. The van der Waals surface area contributed by atoms with E-state index in [4.69, 9.17) is 16.2 Å². The second-order valence-electron chi connectivity index (χ2n) is 3.00. The third-order valence-corrected chi connectivity index (χ3v) is 3.95. The first-order valence-corrected chi connectivity index (χ1v) is 6.36. The van der Waals surface area contributed by atoms with E-state index >= 15 is 0 Å². The van der Waals surface area contributed by atoms with Crippen molar-refractivity contribution in [3.05, 3.63) is 0 Å². The van der Waals surface area contributed by atoms with Crippen LogP contribution in [0.1, 0.15) is 6.92 Å². The van der Waals surface area contributed by atoms with Crippen molar-refractivity contribution >= 4 is 33.1 Å². The van der Waals surface area contributed by atoms with E-state index in [1.54, 1.807) is 0 Å². The molecule has 0 saturated heterocycles. The fourth-order valence-corrected chi connectivity index (χ4v) is 2.01. The fourth-order valence-electron chi connectivity index (χ4n) is 0.707. The number of nitrogens with one attached hydrogen (secondary N) is 1. The highest BCUT2D eigenvalue weighted by Crippen LogP contribution is 1.97. The molecule has 0 radical (unpaired) electrons. The van der Waals surface area contributed by atoms with Gasteiger partial charge >= 0.3 is 0 Å². The Bertz CT molecular complexity index is 355. The maximum atomic E-state index is 11.4. The number of hydrogen-bond donors (Lipinski definition) is 3. The molecule has 0 fully saturated rings. The molecule has 9 heteroatoms. The highest BCUT2D eigenvalue weighted by molar-refractivity contribution is 7.93. The molecule has 0 spiro atoms. The first-order chi connectivity index (χ1) is 7.27. The molecule has 0 aliphatic carbocycles. The second kappa shape index (κ2) is 6.74. The van der Waals surface area contributed by atoms with Gasteiger partial charge in [0, 0.05) is 6.54 Å². The molecule has 0 aliphatic rings. The average molecular weight is 269 g/mol. The number of carbonyl (C=O) groups excluding carboxylic acids is 1. The molecule has 94 valence electrons. The topological polar surface area (TPSA) is 125 Å². The zero-order chi connectivity index (χ0) is 12.8. The quantitative estimate of drug-likeness (QED) is 0.348. The Labute approximate surface area is 99.6 Å². The van der Waals surface area contributed by atoms with Gasteiger partial charge in [-0.25, -0.2) is 13.1 Å². The van der Waals surface area contributed by atoms with Gasteiger partial charge in [0.05, 0.1) is 11.6 Å². The number of nitrogens with two attached hydrogens (primary N) is 2. The van der Waals surface area contributed by atoms with Gasteiger partial charge in [0.15, 0.2) is 0 Å². The van der Waals surface area contributed by atoms with Gasteiger partial charge in [-0.05, 0) is 6.92 Å². The summed E-state index contributed by atoms with van der Waals surface area (Å²) < 4.78 is 29.9. The van der Waals surface area contributed by atoms with Crippen LogP contribution in [0.4, 0.5) is 0 Å². The Morgan fingerprint density at radius 2 is 2.06 bits per heavy atom. The molecule has 1 atom stereocenters. The maximum absolute atomic E-state index is 11.4. The molecule has 0 aromatic rings. The molecule has 0 bridgehead atoms. The van der Waals surface area contributed by atoms with E-state index in [0.29, 0.717) is 0 Å². The molecular formula is C7H15N3O4S2. The third kappa shape index (κ3) is 5.95. The minimum absolute atomic E-state index is 0.0303. The molecule has 16 heavy (non-hydrogen) atoms. The highest BCUT2D eigenvalue weighted by Gasteiger charge is 2.22. The molecule has 0 heterocycles. The molecule has 0 rings (SSSR count). The van der Waals surface area contributed by atoms with Gasteiger partial charge in [-0.15, -0.1) is 0 Å². The molecule has 0 aromatic carbocycles. The number of hydrogen-bond acceptors (Lipinski definition) is 5. The Morgan fingerprint density at radius 1 is 1.50 bits per heavy atom. The van der Waals surface area contributed by atoms with Gasteiger partial charge in [0.2, 0.25) is 15.9 Å². The van der Waals surface area contributed by atoms with Crippen LogP contribution in [0.2, 0.25) is 0 Å². The van der Waals surface area contributed by atoms with Crippen molar-refractivity contribution in [3.8, 4) is 0 Å². The Kier molecular flexibility index (Phi) is 6.41. The van der Waals surface area contributed by atoms with E-state index in [1.165, 1.54) is 6.92 Å². The number of ether oxygens (including phenoxy) is 1. The number of carbonyl (C=O) groups is 1. The number of amides is 1. The summed E-state index contributed by atoms with van der Waals surface area (Å²) in [6.45, 7) is 1.22. The van der Waals surface area contributed by atoms with E-state index in [2.05, 4.69) is 16.9 Å². The number of thiocarbonyl (C=S) groups is 1. The van der Waals surface area contributed by atoms with E-state index in [1.807, 2.05) is 0 Å². The van der Waals surface area contributed by atoms with Crippen LogP contribution in [-0.4, -0.2) is 44.3 Å². The summed E-state index contributed by atoms with van der Waals surface area (Å²) in [7, 11) is -3.57. The van der Waals surface area contributed by atoms with Crippen LogP contribution in [0.25, 0.3) is 0 Å². The summed E-state index contributed by atoms with van der Waals surface area (Å²) >= 11 is 4.57. The van der Waals surface area contributed by atoms with Crippen molar-refractivity contribution in [3.63, 3.8) is 0 Å². The lowest BCUT2D eigenvalue weighted by atomic mass is 10.5. The first-order valence-electron chi connectivity index (χ1n) is 4.41. The summed E-state index contributed by atoms with van der Waals surface area (Å²) in [4.78, 5) is 10.2. The first kappa shape index (κ1) is 15.2. The molecule has 0 saturated carbocycles. The van der Waals surface area contributed by atoms with Crippen molar-refractivity contribution in [1.29, 1.82) is 0 Å². The SMILES string of the molecule is CC(C(N)=S)S(=O)(=O)NCCOCC(N)=O. The Hall–Kier alpha value is -0.770. The Balaban J connectivity index is 3.93. The van der Waals surface area contributed by atoms with E-state index < -0.39 is 21.2 Å². The highest BCUT2D eigenvalue weighted by atomic mass is 32.2. The van der Waals surface area contributed by atoms with E-state index in [9.17, 15) is 13.2 Å². The van der Waals surface area contributed by atoms with Crippen LogP contribution >= 0.6 is 12.2 Å². The zero-order valence-electron chi connectivity index (χ0n) is 8.80. The number of primary amides is 1. The van der Waals surface area contributed by atoms with Crippen molar-refractivity contribution < 1.29 is 17.9 Å². The van der Waals surface area contributed by atoms with Gasteiger partial charge < -0.3 is 16.2 Å². The van der Waals surface area contributed by atoms with Crippen LogP contribution in [0.15, 0.2) is 0 Å². The van der Waals surface area contributed by atoms with Crippen molar-refractivity contribution in [2.45, 2.75) is 12.2 Å². The molecule has 7 nitrogen and oxygen atoms in total. The molecule has 1 unspecified atom stereocenters. The number of rotatable bonds is 8. The lowest BCUT2D eigenvalue weighted by Gasteiger charge is -2.12. The summed E-state index contributed by atoms with van der Waals surface area (Å²) in [6.07, 6.45) is 0. The minimum atomic E-state index is -3.57. The molecule has 1 amide bonds. The predicted molar refractivity (Wildman–Crippen MR) is 63.2 cm³/mol. The monoisotopic (exact) mass is 269 g/mol. The Morgan fingerprint density at radius 3 is 2.50 bits per heavy atom. The lowest BCUT2D eigenvalue weighted by Crippen LogP contribution is -2.41. The van der Waals surface area contributed by atoms with E-state index in [-0.39, 0.29) is 24.7 Å². The normalized spacial score (nSPS) is 13.3. The van der Waals surface area contributed by atoms with Crippen LogP contribution in [-0.2, 0) is 19.6 Å². The third-order valence-electron chi connectivity index (χ3n) is 1.66. The lowest BCUT2D eigenvalue weighted by molar-refractivity contribution is -0.122. The minimum Gasteiger partial charge on any atom is -0.392 e. The van der Waals surface area contributed by atoms with Crippen LogP contribution < -0.4 is 16.2 Å². The number of sulfonamides is 1. The van der Waals surface area contributed by atoms with Crippen molar-refractivity contribution in [2.75, 3.05) is 19.8 Å². The molecule has 0 aromatic heterocycles. The molecule has 5 N–H and O–H groups in total. The zero-order valence-corrected chi connectivity index (χ0v) is 10.4. The summed E-state index contributed by atoms with van der Waals surface area (Å²) in [5, 5.41) is -0.946. The van der Waals surface area contributed by atoms with Gasteiger partial charge in [-0.2, -0.15) is 0 Å². The molecular weight excluding hydrogens is 254 g/mol. The maximum Gasteiger partial charge on any atom is 0.243 e. The smallest absolute Gasteiger partial charge is 0.243 e. The fraction of sp³-hybridized carbons (Fsp3) is 0.714.